The third-order valence-corrected chi connectivity index (χ3v) is 4.01. The van der Waals surface area contributed by atoms with Gasteiger partial charge in [-0.2, -0.15) is 13.8 Å². The minimum absolute atomic E-state index is 0.204. The molecule has 0 bridgehead atoms. The Labute approximate surface area is 110 Å². The molecule has 0 radical (unpaired) electrons. The lowest BCUT2D eigenvalue weighted by Crippen LogP contribution is -2.23. The summed E-state index contributed by atoms with van der Waals surface area (Å²) < 4.78 is 52.7. The summed E-state index contributed by atoms with van der Waals surface area (Å²) >= 11 is 5.50. The van der Waals surface area contributed by atoms with E-state index in [1.165, 1.54) is 0 Å². The minimum atomic E-state index is -1.67. The number of thiocarbonyl (C=S) groups is 1. The largest absolute Gasteiger partial charge is 0.357 e. The summed E-state index contributed by atoms with van der Waals surface area (Å²) in [5, 5.41) is 0. The third-order valence-electron chi connectivity index (χ3n) is 2.51. The van der Waals surface area contributed by atoms with Gasteiger partial charge in [0.05, 0.1) is 4.90 Å². The number of aromatic nitrogens is 1. The van der Waals surface area contributed by atoms with Crippen LogP contribution in [0.2, 0.25) is 0 Å². The Kier molecular flexibility index (Phi) is 4.06. The van der Waals surface area contributed by atoms with Crippen molar-refractivity contribution in [3.8, 4) is 0 Å². The van der Waals surface area contributed by atoms with E-state index >= 15 is 0 Å². The maximum absolute atomic E-state index is 13.3. The summed E-state index contributed by atoms with van der Waals surface area (Å²) in [5.74, 6) is -6.36. The van der Waals surface area contributed by atoms with Crippen LogP contribution in [0.1, 0.15) is 12.8 Å². The summed E-state index contributed by atoms with van der Waals surface area (Å²) in [6.07, 6.45) is 1.87. The van der Waals surface area contributed by atoms with Gasteiger partial charge in [-0.05, 0) is 12.8 Å². The molecule has 0 saturated carbocycles. The Balaban J connectivity index is 2.25. The third kappa shape index (κ3) is 2.59. The van der Waals surface area contributed by atoms with Gasteiger partial charge < -0.3 is 4.90 Å². The quantitative estimate of drug-likeness (QED) is 0.342. The molecule has 2 heterocycles. The molecule has 2 rings (SSSR count). The first kappa shape index (κ1) is 13.5. The Morgan fingerprint density at radius 2 is 1.56 bits per heavy atom. The van der Waals surface area contributed by atoms with E-state index in [2.05, 4.69) is 4.98 Å². The van der Waals surface area contributed by atoms with Gasteiger partial charge in [-0.15, -0.1) is 0 Å². The minimum Gasteiger partial charge on any atom is -0.357 e. The zero-order valence-corrected chi connectivity index (χ0v) is 10.7. The van der Waals surface area contributed by atoms with Crippen LogP contribution < -0.4 is 0 Å². The number of hydrogen-bond donors (Lipinski definition) is 0. The van der Waals surface area contributed by atoms with Crippen LogP contribution in [0.15, 0.2) is 4.90 Å². The zero-order valence-electron chi connectivity index (χ0n) is 9.05. The van der Waals surface area contributed by atoms with Crippen molar-refractivity contribution in [2.45, 2.75) is 17.7 Å². The average molecular weight is 296 g/mol. The summed E-state index contributed by atoms with van der Waals surface area (Å²) in [4.78, 5) is 3.45. The van der Waals surface area contributed by atoms with Gasteiger partial charge >= 0.3 is 0 Å². The zero-order chi connectivity index (χ0) is 13.3. The van der Waals surface area contributed by atoms with Crippen molar-refractivity contribution in [3.05, 3.63) is 23.5 Å². The van der Waals surface area contributed by atoms with Gasteiger partial charge in [0, 0.05) is 13.1 Å². The average Bonchev–Trinajstić information content (AvgIpc) is 2.85. The molecule has 0 spiro atoms. The van der Waals surface area contributed by atoms with E-state index in [0.717, 1.165) is 12.8 Å². The van der Waals surface area contributed by atoms with E-state index in [0.29, 0.717) is 24.9 Å². The van der Waals surface area contributed by atoms with Crippen molar-refractivity contribution < 1.29 is 17.6 Å². The molecule has 0 aromatic carbocycles. The summed E-state index contributed by atoms with van der Waals surface area (Å²) in [6.45, 7) is 1.37. The van der Waals surface area contributed by atoms with Crippen molar-refractivity contribution in [1.82, 2.24) is 9.88 Å². The number of pyridine rings is 1. The highest BCUT2D eigenvalue weighted by Gasteiger charge is 2.24. The van der Waals surface area contributed by atoms with Crippen LogP contribution in [0.25, 0.3) is 0 Å². The number of likely N-dealkylation sites (tertiary alicyclic amines) is 1. The molecule has 18 heavy (non-hydrogen) atoms. The fourth-order valence-electron chi connectivity index (χ4n) is 1.61. The molecule has 0 unspecified atom stereocenters. The van der Waals surface area contributed by atoms with E-state index in [1.54, 1.807) is 4.90 Å². The fourth-order valence-corrected chi connectivity index (χ4v) is 2.88. The Morgan fingerprint density at radius 1 is 1.06 bits per heavy atom. The monoisotopic (exact) mass is 296 g/mol. The molecule has 8 heteroatoms. The maximum atomic E-state index is 13.3. The van der Waals surface area contributed by atoms with Gasteiger partial charge in [0.25, 0.3) is 11.9 Å². The number of halogens is 4. The molecule has 0 aliphatic carbocycles. The van der Waals surface area contributed by atoms with Crippen LogP contribution in [0.5, 0.6) is 0 Å². The number of hydrogen-bond acceptors (Lipinski definition) is 3. The molecule has 0 atom stereocenters. The standard InChI is InChI=1S/C10H8F4N2S2/c11-5-7(6(12)9(14)15-8(5)13)18-10(17)16-3-1-2-4-16/h1-4H2. The van der Waals surface area contributed by atoms with Crippen LogP contribution in [0, 0.1) is 23.5 Å². The lowest BCUT2D eigenvalue weighted by atomic mass is 10.4. The van der Waals surface area contributed by atoms with Crippen molar-refractivity contribution in [1.29, 1.82) is 0 Å². The summed E-state index contributed by atoms with van der Waals surface area (Å²) in [5.41, 5.74) is 0. The van der Waals surface area contributed by atoms with Gasteiger partial charge in [-0.1, -0.05) is 24.0 Å². The molecule has 0 amide bonds. The van der Waals surface area contributed by atoms with Gasteiger partial charge in [0.15, 0.2) is 11.6 Å². The lowest BCUT2D eigenvalue weighted by Gasteiger charge is -2.17. The normalized spacial score (nSPS) is 15.2. The molecule has 1 aromatic heterocycles. The van der Waals surface area contributed by atoms with Crippen LogP contribution in [-0.4, -0.2) is 27.3 Å². The van der Waals surface area contributed by atoms with Crippen molar-refractivity contribution in [2.24, 2.45) is 0 Å². The van der Waals surface area contributed by atoms with Crippen LogP contribution in [0.3, 0.4) is 0 Å². The molecule has 1 saturated heterocycles. The van der Waals surface area contributed by atoms with E-state index < -0.39 is 28.4 Å². The molecular weight excluding hydrogens is 288 g/mol. The first-order chi connectivity index (χ1) is 8.50. The van der Waals surface area contributed by atoms with Gasteiger partial charge in [-0.25, -0.2) is 8.78 Å². The summed E-state index contributed by atoms with van der Waals surface area (Å²) in [7, 11) is 0. The highest BCUT2D eigenvalue weighted by Crippen LogP contribution is 2.30. The van der Waals surface area contributed by atoms with Crippen LogP contribution in [0.4, 0.5) is 17.6 Å². The Bertz CT molecular complexity index is 463. The van der Waals surface area contributed by atoms with Gasteiger partial charge in [-0.3, -0.25) is 0 Å². The molecule has 1 aromatic rings. The Morgan fingerprint density at radius 3 is 2.06 bits per heavy atom. The molecular formula is C10H8F4N2S2. The second-order valence-corrected chi connectivity index (χ2v) is 5.36. The van der Waals surface area contributed by atoms with Crippen molar-refractivity contribution in [2.75, 3.05) is 13.1 Å². The number of thioether (sulfide) groups is 1. The second kappa shape index (κ2) is 5.40. The van der Waals surface area contributed by atoms with E-state index in [-0.39, 0.29) is 4.32 Å². The van der Waals surface area contributed by atoms with E-state index in [4.69, 9.17) is 12.2 Å². The van der Waals surface area contributed by atoms with Gasteiger partial charge in [0.1, 0.15) is 4.32 Å². The summed E-state index contributed by atoms with van der Waals surface area (Å²) in [6, 6.07) is 0. The lowest BCUT2D eigenvalue weighted by molar-refractivity contribution is 0.383. The van der Waals surface area contributed by atoms with Crippen LogP contribution >= 0.6 is 24.0 Å². The topological polar surface area (TPSA) is 16.1 Å². The van der Waals surface area contributed by atoms with Crippen LogP contribution in [-0.2, 0) is 0 Å². The SMILES string of the molecule is Fc1nc(F)c(F)c(SC(=S)N2CCCC2)c1F. The maximum Gasteiger partial charge on any atom is 0.252 e. The molecule has 1 aliphatic rings. The van der Waals surface area contributed by atoms with Crippen molar-refractivity contribution >= 4 is 28.3 Å². The van der Waals surface area contributed by atoms with E-state index in [9.17, 15) is 17.6 Å². The second-order valence-electron chi connectivity index (χ2n) is 3.71. The highest BCUT2D eigenvalue weighted by molar-refractivity contribution is 8.22. The first-order valence-corrected chi connectivity index (χ1v) is 6.40. The van der Waals surface area contributed by atoms with E-state index in [1.807, 2.05) is 0 Å². The molecule has 0 N–H and O–H groups in total. The Hall–Kier alpha value is -0.890. The molecule has 2 nitrogen and oxygen atoms in total. The number of nitrogens with zero attached hydrogens (tertiary/aromatic N) is 2. The smallest absolute Gasteiger partial charge is 0.252 e. The predicted molar refractivity (Wildman–Crippen MR) is 63.3 cm³/mol. The molecule has 1 aliphatic heterocycles. The fraction of sp³-hybridized carbons (Fsp3) is 0.400. The van der Waals surface area contributed by atoms with Crippen molar-refractivity contribution in [3.63, 3.8) is 0 Å². The number of rotatable bonds is 1. The van der Waals surface area contributed by atoms with Gasteiger partial charge in [0.2, 0.25) is 0 Å². The molecule has 98 valence electrons. The first-order valence-electron chi connectivity index (χ1n) is 5.17. The predicted octanol–water partition coefficient (Wildman–Crippen LogP) is 3.11. The highest BCUT2D eigenvalue weighted by atomic mass is 32.2. The molecule has 1 fully saturated rings.